The van der Waals surface area contributed by atoms with Crippen molar-refractivity contribution in [2.24, 2.45) is 0 Å². The molecular weight excluding hydrogens is 633 g/mol. The van der Waals surface area contributed by atoms with Crippen molar-refractivity contribution in [2.45, 2.75) is 46.6 Å². The smallest absolute Gasteiger partial charge is 0.423 e. The van der Waals surface area contributed by atoms with Crippen molar-refractivity contribution >= 4 is 18.5 Å². The van der Waals surface area contributed by atoms with Gasteiger partial charge in [-0.3, -0.25) is 4.79 Å². The Balaban J connectivity index is 1.24. The number of aromatic nitrogens is 4. The monoisotopic (exact) mass is 677 g/mol. The number of nitrogens with one attached hydrogen (secondary N) is 1. The van der Waals surface area contributed by atoms with Crippen LogP contribution in [0.5, 0.6) is 0 Å². The van der Waals surface area contributed by atoms with Gasteiger partial charge < -0.3 is 15.4 Å². The van der Waals surface area contributed by atoms with Crippen LogP contribution in [0.1, 0.15) is 40.3 Å². The van der Waals surface area contributed by atoms with E-state index >= 15 is 0 Å². The van der Waals surface area contributed by atoms with E-state index in [1.807, 2.05) is 16.8 Å². The fourth-order valence-corrected chi connectivity index (χ4v) is 6.21. The predicted octanol–water partition coefficient (Wildman–Crippen LogP) is 2.88. The number of aryl methyl sites for hydroxylation is 1. The second-order valence-electron chi connectivity index (χ2n) is 13.2. The van der Waals surface area contributed by atoms with Gasteiger partial charge in [-0.1, -0.05) is 49.0 Å². The van der Waals surface area contributed by atoms with Gasteiger partial charge in [-0.05, 0) is 44.2 Å². The Morgan fingerprint density at radius 2 is 1.16 bits per heavy atom. The van der Waals surface area contributed by atoms with Crippen molar-refractivity contribution in [1.82, 2.24) is 5.32 Å². The van der Waals surface area contributed by atoms with E-state index < -0.39 is 7.12 Å². The molecule has 4 aromatic heterocycles. The molecule has 2 aromatic carbocycles. The van der Waals surface area contributed by atoms with Gasteiger partial charge in [0.05, 0.1) is 11.1 Å². The van der Waals surface area contributed by atoms with Crippen LogP contribution in [0.3, 0.4) is 0 Å². The molecule has 4 heterocycles. The summed E-state index contributed by atoms with van der Waals surface area (Å²) in [5.74, 6) is -0.162. The Bertz CT molecular complexity index is 2180. The molecule has 0 aliphatic carbocycles. The van der Waals surface area contributed by atoms with Gasteiger partial charge in [-0.2, -0.15) is 4.57 Å². The van der Waals surface area contributed by atoms with Gasteiger partial charge in [0.25, 0.3) is 0 Å². The Hall–Kier alpha value is -5.77. The molecule has 0 unspecified atom stereocenters. The second kappa shape index (κ2) is 16.3. The summed E-state index contributed by atoms with van der Waals surface area (Å²) in [5.41, 5.74) is 9.97. The van der Waals surface area contributed by atoms with Crippen LogP contribution in [0.15, 0.2) is 153 Å². The van der Waals surface area contributed by atoms with Crippen molar-refractivity contribution < 1.29 is 33.1 Å². The lowest BCUT2D eigenvalue weighted by atomic mass is 9.82. The fraction of sp³-hybridized carbons (Fsp3) is 0.167. The third-order valence-corrected chi connectivity index (χ3v) is 8.64. The summed E-state index contributed by atoms with van der Waals surface area (Å²) in [7, 11) is -1.50. The summed E-state index contributed by atoms with van der Waals surface area (Å²) in [6.07, 6.45) is 16.4. The van der Waals surface area contributed by atoms with E-state index in [9.17, 15) is 14.8 Å². The zero-order valence-corrected chi connectivity index (χ0v) is 29.2. The van der Waals surface area contributed by atoms with E-state index in [1.54, 1.807) is 19.2 Å². The van der Waals surface area contributed by atoms with Crippen LogP contribution in [-0.4, -0.2) is 23.1 Å². The Kier molecular flexibility index (Phi) is 11.2. The summed E-state index contributed by atoms with van der Waals surface area (Å²) in [6, 6.07) is 31.1. The van der Waals surface area contributed by atoms with E-state index in [4.69, 9.17) is 0 Å². The average molecular weight is 678 g/mol. The number of hydrogen-bond acceptors (Lipinski definition) is 3. The van der Waals surface area contributed by atoms with Crippen LogP contribution in [-0.2, 0) is 37.5 Å². The van der Waals surface area contributed by atoms with Crippen LogP contribution in [0, 0.1) is 6.92 Å². The van der Waals surface area contributed by atoms with E-state index in [0.717, 1.165) is 34.4 Å². The van der Waals surface area contributed by atoms with Gasteiger partial charge in [0.15, 0.2) is 75.8 Å². The van der Waals surface area contributed by atoms with Gasteiger partial charge in [0.2, 0.25) is 5.91 Å². The third kappa shape index (κ3) is 9.91. The second-order valence-corrected chi connectivity index (χ2v) is 13.2. The van der Waals surface area contributed by atoms with Gasteiger partial charge >= 0.3 is 7.12 Å². The summed E-state index contributed by atoms with van der Waals surface area (Å²) in [5, 5.41) is 22.1. The molecule has 3 N–H and O–H groups in total. The number of amides is 1. The largest absolute Gasteiger partial charge is 0.494 e. The average Bonchev–Trinajstić information content (AvgIpc) is 3.11. The maximum absolute atomic E-state index is 12.4. The molecule has 9 heteroatoms. The molecule has 1 amide bonds. The van der Waals surface area contributed by atoms with E-state index in [2.05, 4.69) is 149 Å². The number of hydrogen-bond donors (Lipinski definition) is 3. The van der Waals surface area contributed by atoms with Crippen LogP contribution in [0.25, 0.3) is 11.1 Å². The van der Waals surface area contributed by atoms with Gasteiger partial charge in [-0.15, -0.1) is 0 Å². The topological polar surface area (TPSA) is 85.1 Å². The number of pyridine rings is 4. The molecule has 254 valence electrons. The highest BCUT2D eigenvalue weighted by molar-refractivity contribution is 6.58. The first-order chi connectivity index (χ1) is 24.7. The Morgan fingerprint density at radius 3 is 1.75 bits per heavy atom. The number of rotatable bonds is 13. The van der Waals surface area contributed by atoms with Gasteiger partial charge in [0.1, 0.15) is 0 Å². The van der Waals surface area contributed by atoms with Crippen molar-refractivity contribution in [3.63, 3.8) is 0 Å². The minimum absolute atomic E-state index is 0.162. The predicted molar refractivity (Wildman–Crippen MR) is 196 cm³/mol. The zero-order valence-electron chi connectivity index (χ0n) is 29.2. The molecular formula is C42H44BN5O3+4. The summed E-state index contributed by atoms with van der Waals surface area (Å²) >= 11 is 0. The molecule has 0 spiro atoms. The normalized spacial score (nSPS) is 10.9. The number of carbonyl (C=O) groups is 1. The molecule has 0 bridgehead atoms. The standard InChI is InChI=1S/C42H43BN5O3/c1-32(2)42(49)44-22-38-21-40(30-48(28-38)27-37-13-5-10-34(20-37)24-45-16-6-9-33(3)23-45)39-14-7-17-46(29-39)25-35-11-4-12-36(19-35)26-47-18-8-15-41(31-47)43(50)51/h4-21,23,28-31,50-51H,1,22,24-27H2,2-3H3/q+3/p+1. The number of benzene rings is 2. The third-order valence-electron chi connectivity index (χ3n) is 8.64. The SMILES string of the molecule is C=C(C)C(=O)NCc1cc(-c2ccc[n+](Cc3cccc(C[n+]4cccc(B(O)O)c4)c3)c2)c[n+](Cc2cccc(C[n+]3cccc(C)c3)c2)c1. The fourth-order valence-electron chi connectivity index (χ4n) is 6.21. The van der Waals surface area contributed by atoms with Crippen LogP contribution in [0.2, 0.25) is 0 Å². The Labute approximate surface area is 300 Å². The Morgan fingerprint density at radius 1 is 0.627 bits per heavy atom. The molecule has 0 atom stereocenters. The van der Waals surface area contributed by atoms with E-state index in [0.29, 0.717) is 37.2 Å². The summed E-state index contributed by atoms with van der Waals surface area (Å²) in [4.78, 5) is 12.4. The molecule has 0 aliphatic heterocycles. The van der Waals surface area contributed by atoms with E-state index in [-0.39, 0.29) is 5.91 Å². The van der Waals surface area contributed by atoms with Crippen molar-refractivity contribution in [2.75, 3.05) is 0 Å². The van der Waals surface area contributed by atoms with Crippen LogP contribution in [0.4, 0.5) is 0 Å². The highest BCUT2D eigenvalue weighted by atomic mass is 16.4. The molecule has 0 saturated heterocycles. The molecule has 6 rings (SSSR count). The van der Waals surface area contributed by atoms with Gasteiger partial charge in [-0.25, -0.2) is 13.7 Å². The zero-order chi connectivity index (χ0) is 35.7. The van der Waals surface area contributed by atoms with Crippen molar-refractivity contribution in [3.05, 3.63) is 186 Å². The van der Waals surface area contributed by atoms with Gasteiger partial charge in [0, 0.05) is 69.2 Å². The van der Waals surface area contributed by atoms with Crippen molar-refractivity contribution in [3.8, 4) is 11.1 Å². The van der Waals surface area contributed by atoms with E-state index in [1.165, 1.54) is 16.7 Å². The highest BCUT2D eigenvalue weighted by Gasteiger charge is 2.17. The molecule has 6 aromatic rings. The first kappa shape index (κ1) is 35.1. The molecule has 0 radical (unpaired) electrons. The summed E-state index contributed by atoms with van der Waals surface area (Å²) in [6.45, 7) is 10.8. The number of nitrogens with zero attached hydrogens (tertiary/aromatic N) is 4. The lowest BCUT2D eigenvalue weighted by molar-refractivity contribution is -0.690. The first-order valence-electron chi connectivity index (χ1n) is 17.1. The molecule has 0 fully saturated rings. The molecule has 0 saturated carbocycles. The summed E-state index contributed by atoms with van der Waals surface area (Å²) < 4.78 is 8.52. The number of carbonyl (C=O) groups excluding carboxylic acids is 1. The first-order valence-corrected chi connectivity index (χ1v) is 17.1. The lowest BCUT2D eigenvalue weighted by Crippen LogP contribution is -2.42. The minimum atomic E-state index is -1.50. The maximum Gasteiger partial charge on any atom is 0.494 e. The quantitative estimate of drug-likeness (QED) is 0.1000. The minimum Gasteiger partial charge on any atom is -0.423 e. The van der Waals surface area contributed by atoms with Crippen LogP contribution < -0.4 is 29.0 Å². The molecule has 8 nitrogen and oxygen atoms in total. The molecule has 51 heavy (non-hydrogen) atoms. The lowest BCUT2D eigenvalue weighted by Gasteiger charge is -2.08. The highest BCUT2D eigenvalue weighted by Crippen LogP contribution is 2.18. The molecule has 0 aliphatic rings. The maximum atomic E-state index is 12.4. The van der Waals surface area contributed by atoms with Crippen molar-refractivity contribution in [1.29, 1.82) is 0 Å². The van der Waals surface area contributed by atoms with Crippen LogP contribution >= 0.6 is 0 Å².